The minimum Gasteiger partial charge on any atom is -0.354 e. The molecule has 0 fully saturated rings. The zero-order chi connectivity index (χ0) is 24.7. The van der Waals surface area contributed by atoms with Crippen LogP contribution in [-0.4, -0.2) is 17.6 Å². The van der Waals surface area contributed by atoms with Crippen molar-refractivity contribution in [2.24, 2.45) is 5.73 Å². The van der Waals surface area contributed by atoms with Gasteiger partial charge in [0.15, 0.2) is 0 Å². The van der Waals surface area contributed by atoms with E-state index >= 15 is 0 Å². The fraction of sp³-hybridized carbons (Fsp3) is 0.133. The molecule has 0 atom stereocenters. The number of halogens is 2. The van der Waals surface area contributed by atoms with Crippen LogP contribution in [0.2, 0.25) is 0 Å². The Morgan fingerprint density at radius 3 is 1.71 bits per heavy atom. The van der Waals surface area contributed by atoms with Crippen molar-refractivity contribution in [3.8, 4) is 0 Å². The summed E-state index contributed by atoms with van der Waals surface area (Å²) in [4.78, 5) is 17.3. The van der Waals surface area contributed by atoms with Gasteiger partial charge in [-0.05, 0) is 79.9 Å². The Kier molecular flexibility index (Phi) is 10.6. The van der Waals surface area contributed by atoms with Gasteiger partial charge in [-0.3, -0.25) is 0 Å². The molecule has 0 aliphatic carbocycles. The van der Waals surface area contributed by atoms with Gasteiger partial charge in [0.25, 0.3) is 0 Å². The monoisotopic (exact) mass is 635 g/mol. The fourth-order valence-corrected chi connectivity index (χ4v) is 4.28. The predicted octanol–water partition coefficient (Wildman–Crippen LogP) is 8.21. The average Bonchev–Trinajstić information content (AvgIpc) is 2.91. The highest BCUT2D eigenvalue weighted by atomic mass is 79.9. The highest BCUT2D eigenvalue weighted by Crippen LogP contribution is 2.33. The smallest absolute Gasteiger partial charge is 0.323 e. The van der Waals surface area contributed by atoms with E-state index in [4.69, 9.17) is 10.7 Å². The molecule has 196 valence electrons. The summed E-state index contributed by atoms with van der Waals surface area (Å²) in [6.07, 6.45) is 3.09. The van der Waals surface area contributed by atoms with Crippen molar-refractivity contribution >= 4 is 84.5 Å². The first-order valence-corrected chi connectivity index (χ1v) is 12.2. The molecule has 38 heavy (non-hydrogen) atoms. The van der Waals surface area contributed by atoms with Crippen molar-refractivity contribution in [1.29, 1.82) is 0 Å². The van der Waals surface area contributed by atoms with Crippen LogP contribution in [0.15, 0.2) is 97.1 Å². The van der Waals surface area contributed by atoms with E-state index in [-0.39, 0.29) is 40.0 Å². The third-order valence-corrected chi connectivity index (χ3v) is 6.13. The number of urea groups is 1. The molecule has 0 saturated heterocycles. The van der Waals surface area contributed by atoms with Crippen molar-refractivity contribution in [1.82, 2.24) is 4.98 Å². The number of unbranched alkanes of at least 4 members (excludes halogenated alkanes) is 1. The largest absolute Gasteiger partial charge is 0.354 e. The molecule has 0 spiro atoms. The Balaban J connectivity index is 0.00000200. The van der Waals surface area contributed by atoms with Crippen LogP contribution < -0.4 is 21.7 Å². The molecule has 0 radical (unpaired) electrons. The van der Waals surface area contributed by atoms with Crippen LogP contribution in [0.25, 0.3) is 21.8 Å². The number of nitrogens with two attached hydrogens (primary N) is 1. The first-order chi connectivity index (χ1) is 17.7. The Bertz CT molecular complexity index is 1440. The van der Waals surface area contributed by atoms with E-state index in [1.54, 1.807) is 0 Å². The first kappa shape index (κ1) is 29.1. The van der Waals surface area contributed by atoms with E-state index in [9.17, 15) is 4.79 Å². The van der Waals surface area contributed by atoms with Crippen LogP contribution in [0.1, 0.15) is 18.4 Å². The molecular formula is C30H31Br2N5O. The molecule has 2 amide bonds. The highest BCUT2D eigenvalue weighted by molar-refractivity contribution is 8.93. The third kappa shape index (κ3) is 7.10. The normalized spacial score (nSPS) is 10.3. The number of nitrogens with zero attached hydrogens (tertiary/aromatic N) is 1. The summed E-state index contributed by atoms with van der Waals surface area (Å²) in [5, 5.41) is 11.5. The molecule has 0 saturated carbocycles. The molecule has 5 rings (SSSR count). The van der Waals surface area contributed by atoms with Gasteiger partial charge >= 0.3 is 6.03 Å². The van der Waals surface area contributed by atoms with E-state index in [2.05, 4.69) is 28.1 Å². The second kappa shape index (κ2) is 13.9. The summed E-state index contributed by atoms with van der Waals surface area (Å²) >= 11 is 0. The molecule has 8 heteroatoms. The Hall–Kier alpha value is -3.46. The number of benzene rings is 4. The zero-order valence-electron chi connectivity index (χ0n) is 20.8. The minimum atomic E-state index is -0.280. The molecule has 0 unspecified atom stereocenters. The van der Waals surface area contributed by atoms with Gasteiger partial charge in [0, 0.05) is 27.8 Å². The summed E-state index contributed by atoms with van der Waals surface area (Å²) in [6, 6.07) is 31.5. The maximum absolute atomic E-state index is 12.5. The maximum Gasteiger partial charge on any atom is 0.323 e. The molecule has 0 aliphatic heterocycles. The van der Waals surface area contributed by atoms with E-state index < -0.39 is 0 Å². The van der Waals surface area contributed by atoms with Crippen LogP contribution in [0, 0.1) is 0 Å². The van der Waals surface area contributed by atoms with Crippen molar-refractivity contribution in [2.45, 2.75) is 19.3 Å². The number of amides is 2. The van der Waals surface area contributed by atoms with E-state index in [1.807, 2.05) is 84.9 Å². The standard InChI is InChI=1S/C30H29N5O.2BrH/c31-20-6-5-7-21-12-14-23(15-13-21)33-30(36)34-24-18-16-22(17-19-24)32-29-25-8-1-3-10-27(25)35-28-11-4-2-9-26(28)29;;/h1-4,8-19H,5-7,20,31H2,(H,32,35)(H2,33,34,36);2*1H. The second-order valence-electron chi connectivity index (χ2n) is 8.75. The molecule has 5 N–H and O–H groups in total. The zero-order valence-corrected chi connectivity index (χ0v) is 24.2. The van der Waals surface area contributed by atoms with Gasteiger partial charge in [0.2, 0.25) is 0 Å². The first-order valence-electron chi connectivity index (χ1n) is 12.2. The summed E-state index contributed by atoms with van der Waals surface area (Å²) in [7, 11) is 0. The molecule has 4 aromatic carbocycles. The highest BCUT2D eigenvalue weighted by Gasteiger charge is 2.09. The number of anilines is 4. The number of fused-ring (bicyclic) bond motifs is 2. The molecule has 0 bridgehead atoms. The van der Waals surface area contributed by atoms with Gasteiger partial charge in [0.1, 0.15) is 0 Å². The van der Waals surface area contributed by atoms with Gasteiger partial charge in [-0.2, -0.15) is 0 Å². The van der Waals surface area contributed by atoms with Crippen LogP contribution >= 0.6 is 34.0 Å². The third-order valence-electron chi connectivity index (χ3n) is 6.13. The van der Waals surface area contributed by atoms with Crippen molar-refractivity contribution in [3.63, 3.8) is 0 Å². The lowest BCUT2D eigenvalue weighted by Crippen LogP contribution is -2.19. The number of hydrogen-bond acceptors (Lipinski definition) is 4. The van der Waals surface area contributed by atoms with Crippen LogP contribution in [0.3, 0.4) is 0 Å². The number of pyridine rings is 1. The van der Waals surface area contributed by atoms with Crippen molar-refractivity contribution in [2.75, 3.05) is 22.5 Å². The van der Waals surface area contributed by atoms with Crippen LogP contribution in [0.5, 0.6) is 0 Å². The number of carbonyl (C=O) groups excluding carboxylic acids is 1. The molecular weight excluding hydrogens is 606 g/mol. The lowest BCUT2D eigenvalue weighted by molar-refractivity contribution is 0.262. The SMILES string of the molecule is Br.Br.NCCCCc1ccc(NC(=O)Nc2ccc(Nc3c4ccccc4nc4ccccc34)cc2)cc1. The van der Waals surface area contributed by atoms with Gasteiger partial charge in [-0.1, -0.05) is 48.5 Å². The molecule has 6 nitrogen and oxygen atoms in total. The van der Waals surface area contributed by atoms with E-state index in [1.165, 1.54) is 5.56 Å². The minimum absolute atomic E-state index is 0. The second-order valence-corrected chi connectivity index (χ2v) is 8.75. The van der Waals surface area contributed by atoms with E-state index in [0.29, 0.717) is 12.2 Å². The molecule has 5 aromatic rings. The maximum atomic E-state index is 12.5. The van der Waals surface area contributed by atoms with Gasteiger partial charge in [-0.15, -0.1) is 34.0 Å². The number of nitrogens with one attached hydrogen (secondary N) is 3. The van der Waals surface area contributed by atoms with Gasteiger partial charge in [-0.25, -0.2) is 9.78 Å². The summed E-state index contributed by atoms with van der Waals surface area (Å²) in [5.74, 6) is 0. The van der Waals surface area contributed by atoms with E-state index in [0.717, 1.165) is 58.1 Å². The topological polar surface area (TPSA) is 92.1 Å². The summed E-state index contributed by atoms with van der Waals surface area (Å²) in [6.45, 7) is 0.717. The van der Waals surface area contributed by atoms with Crippen LogP contribution in [0.4, 0.5) is 27.5 Å². The average molecular weight is 637 g/mol. The molecule has 1 aromatic heterocycles. The Morgan fingerprint density at radius 1 is 0.658 bits per heavy atom. The number of aryl methyl sites for hydroxylation is 1. The lowest BCUT2D eigenvalue weighted by atomic mass is 10.1. The van der Waals surface area contributed by atoms with Gasteiger partial charge < -0.3 is 21.7 Å². The molecule has 0 aliphatic rings. The summed E-state index contributed by atoms with van der Waals surface area (Å²) in [5.41, 5.74) is 12.1. The Morgan fingerprint density at radius 2 is 1.16 bits per heavy atom. The summed E-state index contributed by atoms with van der Waals surface area (Å²) < 4.78 is 0. The quantitative estimate of drug-likeness (QED) is 0.102. The molecule has 1 heterocycles. The number of para-hydroxylation sites is 2. The number of aromatic nitrogens is 1. The van der Waals surface area contributed by atoms with Gasteiger partial charge in [0.05, 0.1) is 16.7 Å². The lowest BCUT2D eigenvalue weighted by Gasteiger charge is -2.14. The fourth-order valence-electron chi connectivity index (χ4n) is 4.28. The van der Waals surface area contributed by atoms with Crippen molar-refractivity contribution < 1.29 is 4.79 Å². The number of carbonyl (C=O) groups is 1. The number of hydrogen-bond donors (Lipinski definition) is 4. The number of rotatable bonds is 8. The van der Waals surface area contributed by atoms with Crippen LogP contribution in [-0.2, 0) is 6.42 Å². The Labute approximate surface area is 243 Å². The van der Waals surface area contributed by atoms with Crippen molar-refractivity contribution in [3.05, 3.63) is 103 Å². The predicted molar refractivity (Wildman–Crippen MR) is 171 cm³/mol.